The van der Waals surface area contributed by atoms with Crippen molar-refractivity contribution in [2.24, 2.45) is 7.05 Å². The van der Waals surface area contributed by atoms with Gasteiger partial charge in [-0.3, -0.25) is 4.79 Å². The summed E-state index contributed by atoms with van der Waals surface area (Å²) >= 11 is 0. The SMILES string of the molecule is CN1CCc2cc(-c3cccc4c(C(=O)NCCNc5ncnn5C)cccc34)cnc21. The van der Waals surface area contributed by atoms with Crippen molar-refractivity contribution < 1.29 is 4.79 Å². The summed E-state index contributed by atoms with van der Waals surface area (Å²) in [6, 6.07) is 14.2. The number of fused-ring (bicyclic) bond motifs is 2. The van der Waals surface area contributed by atoms with E-state index in [9.17, 15) is 4.79 Å². The number of aromatic nitrogens is 4. The maximum Gasteiger partial charge on any atom is 0.251 e. The van der Waals surface area contributed by atoms with Crippen molar-refractivity contribution in [3.8, 4) is 11.1 Å². The average Bonchev–Trinajstić information content (AvgIpc) is 3.40. The van der Waals surface area contributed by atoms with Gasteiger partial charge in [-0.2, -0.15) is 10.1 Å². The van der Waals surface area contributed by atoms with Gasteiger partial charge in [0, 0.05) is 51.1 Å². The standard InChI is InChI=1S/C24H25N7O/c1-30-12-9-16-13-17(14-27-22(16)30)18-5-3-7-20-19(18)6-4-8-21(20)23(32)25-10-11-26-24-28-15-29-31(24)2/h3-8,13-15H,9-12H2,1-2H3,(H,25,32)(H,26,28,29). The summed E-state index contributed by atoms with van der Waals surface area (Å²) in [7, 11) is 3.89. The largest absolute Gasteiger partial charge is 0.359 e. The van der Waals surface area contributed by atoms with Gasteiger partial charge < -0.3 is 15.5 Å². The Morgan fingerprint density at radius 1 is 1.06 bits per heavy atom. The second-order valence-electron chi connectivity index (χ2n) is 7.97. The maximum absolute atomic E-state index is 12.9. The molecule has 8 heteroatoms. The minimum Gasteiger partial charge on any atom is -0.359 e. The van der Waals surface area contributed by atoms with Crippen molar-refractivity contribution in [2.75, 3.05) is 36.9 Å². The topological polar surface area (TPSA) is 88.0 Å². The summed E-state index contributed by atoms with van der Waals surface area (Å²) in [6.45, 7) is 2.03. The van der Waals surface area contributed by atoms with E-state index >= 15 is 0 Å². The molecule has 0 spiro atoms. The zero-order chi connectivity index (χ0) is 22.1. The van der Waals surface area contributed by atoms with Crippen LogP contribution in [0.5, 0.6) is 0 Å². The normalized spacial score (nSPS) is 12.8. The Balaban J connectivity index is 1.37. The Morgan fingerprint density at radius 3 is 2.75 bits per heavy atom. The molecule has 1 aliphatic rings. The third kappa shape index (κ3) is 3.64. The molecular formula is C24H25N7O. The summed E-state index contributed by atoms with van der Waals surface area (Å²) < 4.78 is 1.65. The number of nitrogens with zero attached hydrogens (tertiary/aromatic N) is 5. The zero-order valence-electron chi connectivity index (χ0n) is 18.2. The monoisotopic (exact) mass is 427 g/mol. The smallest absolute Gasteiger partial charge is 0.251 e. The Labute approximate surface area is 186 Å². The molecule has 0 saturated carbocycles. The second kappa shape index (κ2) is 8.30. The quantitative estimate of drug-likeness (QED) is 0.460. The molecule has 2 aromatic carbocycles. The molecule has 1 amide bonds. The lowest BCUT2D eigenvalue weighted by atomic mass is 9.95. The highest BCUT2D eigenvalue weighted by atomic mass is 16.1. The number of hydrogen-bond acceptors (Lipinski definition) is 6. The Bertz CT molecular complexity index is 1300. The molecular weight excluding hydrogens is 402 g/mol. The van der Waals surface area contributed by atoms with Crippen LogP contribution in [0.1, 0.15) is 15.9 Å². The number of rotatable bonds is 6. The van der Waals surface area contributed by atoms with Crippen molar-refractivity contribution in [3.63, 3.8) is 0 Å². The van der Waals surface area contributed by atoms with Gasteiger partial charge in [0.2, 0.25) is 5.95 Å². The first kappa shape index (κ1) is 20.0. The number of amides is 1. The van der Waals surface area contributed by atoms with Gasteiger partial charge in [0.1, 0.15) is 12.1 Å². The van der Waals surface area contributed by atoms with E-state index in [0.717, 1.165) is 40.7 Å². The van der Waals surface area contributed by atoms with Gasteiger partial charge in [-0.15, -0.1) is 0 Å². The Morgan fingerprint density at radius 2 is 1.91 bits per heavy atom. The third-order valence-corrected chi connectivity index (χ3v) is 5.90. The molecule has 2 aromatic heterocycles. The number of likely N-dealkylation sites (N-methyl/N-ethyl adjacent to an activating group) is 1. The highest BCUT2D eigenvalue weighted by molar-refractivity contribution is 6.10. The molecule has 1 aliphatic heterocycles. The first-order valence-electron chi connectivity index (χ1n) is 10.7. The number of hydrogen-bond donors (Lipinski definition) is 2. The third-order valence-electron chi connectivity index (χ3n) is 5.90. The summed E-state index contributed by atoms with van der Waals surface area (Å²) in [4.78, 5) is 23.9. The van der Waals surface area contributed by atoms with Crippen LogP contribution in [0, 0.1) is 0 Å². The van der Waals surface area contributed by atoms with Gasteiger partial charge in [0.15, 0.2) is 0 Å². The van der Waals surface area contributed by atoms with Crippen LogP contribution in [-0.2, 0) is 13.5 Å². The fourth-order valence-electron chi connectivity index (χ4n) is 4.23. The predicted octanol–water partition coefficient (Wildman–Crippen LogP) is 2.86. The van der Waals surface area contributed by atoms with Crippen molar-refractivity contribution >= 4 is 28.4 Å². The molecule has 0 saturated heterocycles. The molecule has 8 nitrogen and oxygen atoms in total. The number of carbonyl (C=O) groups excluding carboxylic acids is 1. The predicted molar refractivity (Wildman–Crippen MR) is 126 cm³/mol. The lowest BCUT2D eigenvalue weighted by molar-refractivity contribution is 0.0957. The first-order valence-corrected chi connectivity index (χ1v) is 10.7. The number of benzene rings is 2. The summed E-state index contributed by atoms with van der Waals surface area (Å²) in [5.74, 6) is 1.63. The van der Waals surface area contributed by atoms with E-state index in [1.807, 2.05) is 37.5 Å². The van der Waals surface area contributed by atoms with Gasteiger partial charge >= 0.3 is 0 Å². The van der Waals surface area contributed by atoms with E-state index in [0.29, 0.717) is 24.6 Å². The molecule has 0 aliphatic carbocycles. The zero-order valence-corrected chi connectivity index (χ0v) is 18.2. The summed E-state index contributed by atoms with van der Waals surface area (Å²) in [6.07, 6.45) is 4.43. The van der Waals surface area contributed by atoms with Crippen LogP contribution >= 0.6 is 0 Å². The second-order valence-corrected chi connectivity index (χ2v) is 7.97. The lowest BCUT2D eigenvalue weighted by Crippen LogP contribution is -2.29. The van der Waals surface area contributed by atoms with Gasteiger partial charge in [0.25, 0.3) is 5.91 Å². The Hall–Kier alpha value is -3.94. The van der Waals surface area contributed by atoms with Crippen molar-refractivity contribution in [1.82, 2.24) is 25.1 Å². The van der Waals surface area contributed by atoms with Crippen molar-refractivity contribution in [3.05, 3.63) is 66.1 Å². The number of carbonyl (C=O) groups is 1. The minimum absolute atomic E-state index is 0.0961. The van der Waals surface area contributed by atoms with Gasteiger partial charge in [0.05, 0.1) is 0 Å². The molecule has 4 aromatic rings. The molecule has 3 heterocycles. The maximum atomic E-state index is 12.9. The molecule has 5 rings (SSSR count). The summed E-state index contributed by atoms with van der Waals surface area (Å²) in [5.41, 5.74) is 4.10. The van der Waals surface area contributed by atoms with E-state index in [1.54, 1.807) is 4.68 Å². The highest BCUT2D eigenvalue weighted by Crippen LogP contribution is 2.33. The number of anilines is 2. The molecule has 0 unspecified atom stereocenters. The van der Waals surface area contributed by atoms with Crippen LogP contribution < -0.4 is 15.5 Å². The van der Waals surface area contributed by atoms with Crippen LogP contribution in [0.15, 0.2) is 55.0 Å². The molecule has 2 N–H and O–H groups in total. The van der Waals surface area contributed by atoms with E-state index in [1.165, 1.54) is 11.9 Å². The minimum atomic E-state index is -0.0961. The van der Waals surface area contributed by atoms with E-state index in [-0.39, 0.29) is 5.91 Å². The molecule has 0 bridgehead atoms. The van der Waals surface area contributed by atoms with Crippen LogP contribution in [0.3, 0.4) is 0 Å². The average molecular weight is 428 g/mol. The van der Waals surface area contributed by atoms with Crippen LogP contribution in [0.4, 0.5) is 11.8 Å². The van der Waals surface area contributed by atoms with Gasteiger partial charge in [-0.1, -0.05) is 30.3 Å². The van der Waals surface area contributed by atoms with E-state index in [2.05, 4.69) is 55.8 Å². The van der Waals surface area contributed by atoms with Gasteiger partial charge in [-0.05, 0) is 40.5 Å². The van der Waals surface area contributed by atoms with Crippen molar-refractivity contribution in [1.29, 1.82) is 0 Å². The van der Waals surface area contributed by atoms with Crippen LogP contribution in [0.2, 0.25) is 0 Å². The first-order chi connectivity index (χ1) is 15.6. The Kier molecular flexibility index (Phi) is 5.18. The van der Waals surface area contributed by atoms with Crippen LogP contribution in [-0.4, -0.2) is 52.3 Å². The number of nitrogens with one attached hydrogen (secondary N) is 2. The number of aryl methyl sites for hydroxylation is 1. The molecule has 32 heavy (non-hydrogen) atoms. The highest BCUT2D eigenvalue weighted by Gasteiger charge is 2.19. The van der Waals surface area contributed by atoms with Crippen LogP contribution in [0.25, 0.3) is 21.9 Å². The van der Waals surface area contributed by atoms with E-state index in [4.69, 9.17) is 0 Å². The van der Waals surface area contributed by atoms with E-state index < -0.39 is 0 Å². The lowest BCUT2D eigenvalue weighted by Gasteiger charge is -2.13. The fraction of sp³-hybridized carbons (Fsp3) is 0.250. The molecule has 162 valence electrons. The van der Waals surface area contributed by atoms with Crippen molar-refractivity contribution in [2.45, 2.75) is 6.42 Å². The fourth-order valence-corrected chi connectivity index (χ4v) is 4.23. The van der Waals surface area contributed by atoms with Gasteiger partial charge in [-0.25, -0.2) is 9.67 Å². The summed E-state index contributed by atoms with van der Waals surface area (Å²) in [5, 5.41) is 12.1. The molecule has 0 radical (unpaired) electrons. The number of pyridine rings is 1. The molecule has 0 atom stereocenters. The molecule has 0 fully saturated rings.